The van der Waals surface area contributed by atoms with Gasteiger partial charge in [0.25, 0.3) is 0 Å². The molecule has 1 aromatic heterocycles. The fourth-order valence-electron chi connectivity index (χ4n) is 1.02. The first-order chi connectivity index (χ1) is 7.29. The largest absolute Gasteiger partial charge is 0.478 e. The Balaban J connectivity index is 2.10. The Kier molecular flexibility index (Phi) is 5.11. The molecule has 0 aliphatic rings. The van der Waals surface area contributed by atoms with Gasteiger partial charge in [-0.1, -0.05) is 12.1 Å². The third-order valence-electron chi connectivity index (χ3n) is 1.70. The normalized spacial score (nSPS) is 10.7. The number of nitrogens with zero attached hydrogens (tertiary/aromatic N) is 1. The highest BCUT2D eigenvalue weighted by atomic mass is 16.5. The van der Waals surface area contributed by atoms with Crippen LogP contribution < -0.4 is 0 Å². The molecule has 0 aromatic carbocycles. The second-order valence-corrected chi connectivity index (χ2v) is 2.89. The van der Waals surface area contributed by atoms with E-state index in [2.05, 4.69) is 4.98 Å². The Morgan fingerprint density at radius 3 is 3.07 bits per heavy atom. The average molecular weight is 207 g/mol. The number of carbonyl (C=O) groups is 1. The number of hydrogen-bond acceptors (Lipinski definition) is 3. The molecule has 0 fully saturated rings. The van der Waals surface area contributed by atoms with E-state index < -0.39 is 5.97 Å². The van der Waals surface area contributed by atoms with Crippen molar-refractivity contribution in [1.82, 2.24) is 4.98 Å². The summed E-state index contributed by atoms with van der Waals surface area (Å²) in [6.45, 7) is 0.861. The first-order valence-electron chi connectivity index (χ1n) is 4.66. The van der Waals surface area contributed by atoms with Crippen LogP contribution in [-0.4, -0.2) is 29.3 Å². The molecule has 1 N–H and O–H groups in total. The lowest BCUT2D eigenvalue weighted by molar-refractivity contribution is -0.131. The molecular weight excluding hydrogens is 194 g/mol. The molecule has 0 spiro atoms. The van der Waals surface area contributed by atoms with Gasteiger partial charge in [0, 0.05) is 24.4 Å². The minimum atomic E-state index is -0.955. The topological polar surface area (TPSA) is 59.4 Å². The van der Waals surface area contributed by atoms with E-state index in [1.165, 1.54) is 6.08 Å². The number of aromatic nitrogens is 1. The molecule has 0 aliphatic carbocycles. The molecule has 0 aliphatic heterocycles. The summed E-state index contributed by atoms with van der Waals surface area (Å²) in [7, 11) is 0. The number of rotatable bonds is 6. The smallest absolute Gasteiger partial charge is 0.328 e. The molecule has 0 saturated heterocycles. The maximum Gasteiger partial charge on any atom is 0.328 e. The Morgan fingerprint density at radius 1 is 1.53 bits per heavy atom. The standard InChI is InChI=1S/C11H13NO3/c13-11(14)5-3-8-15-9-6-10-4-1-2-7-12-10/h1-5,7H,6,8-9H2,(H,13,14). The lowest BCUT2D eigenvalue weighted by Gasteiger charge is -2.00. The van der Waals surface area contributed by atoms with Crippen LogP contribution in [-0.2, 0) is 16.0 Å². The maximum atomic E-state index is 10.1. The van der Waals surface area contributed by atoms with Crippen molar-refractivity contribution in [2.75, 3.05) is 13.2 Å². The van der Waals surface area contributed by atoms with Crippen LogP contribution in [0.2, 0.25) is 0 Å². The van der Waals surface area contributed by atoms with Gasteiger partial charge >= 0.3 is 5.97 Å². The minimum Gasteiger partial charge on any atom is -0.478 e. The van der Waals surface area contributed by atoms with Gasteiger partial charge in [0.2, 0.25) is 0 Å². The molecule has 15 heavy (non-hydrogen) atoms. The molecule has 0 amide bonds. The van der Waals surface area contributed by atoms with Gasteiger partial charge in [-0.15, -0.1) is 0 Å². The molecule has 0 saturated carbocycles. The molecule has 0 radical (unpaired) electrons. The zero-order valence-corrected chi connectivity index (χ0v) is 8.30. The van der Waals surface area contributed by atoms with Gasteiger partial charge in [-0.25, -0.2) is 4.79 Å². The molecule has 4 nitrogen and oxygen atoms in total. The zero-order valence-electron chi connectivity index (χ0n) is 8.30. The number of carboxylic acid groups (broad SMARTS) is 1. The van der Waals surface area contributed by atoms with Crippen LogP contribution >= 0.6 is 0 Å². The molecule has 0 atom stereocenters. The second-order valence-electron chi connectivity index (χ2n) is 2.89. The quantitative estimate of drug-likeness (QED) is 0.564. The van der Waals surface area contributed by atoms with E-state index in [0.717, 1.165) is 18.2 Å². The first kappa shape index (κ1) is 11.4. The summed E-state index contributed by atoms with van der Waals surface area (Å²) in [4.78, 5) is 14.2. The lowest BCUT2D eigenvalue weighted by atomic mass is 10.3. The van der Waals surface area contributed by atoms with E-state index >= 15 is 0 Å². The number of ether oxygens (including phenoxy) is 1. The van der Waals surface area contributed by atoms with Crippen LogP contribution in [0.4, 0.5) is 0 Å². The summed E-state index contributed by atoms with van der Waals surface area (Å²) in [5, 5.41) is 8.30. The van der Waals surface area contributed by atoms with Gasteiger partial charge in [-0.3, -0.25) is 4.98 Å². The van der Waals surface area contributed by atoms with Crippen molar-refractivity contribution in [1.29, 1.82) is 0 Å². The van der Waals surface area contributed by atoms with Crippen molar-refractivity contribution in [3.05, 3.63) is 42.2 Å². The fourth-order valence-corrected chi connectivity index (χ4v) is 1.02. The lowest BCUT2D eigenvalue weighted by Crippen LogP contribution is -2.00. The molecule has 1 heterocycles. The fraction of sp³-hybridized carbons (Fsp3) is 0.273. The Bertz CT molecular complexity index is 322. The number of hydrogen-bond donors (Lipinski definition) is 1. The predicted octanol–water partition coefficient (Wildman–Crippen LogP) is 1.28. The van der Waals surface area contributed by atoms with E-state index in [1.807, 2.05) is 18.2 Å². The number of pyridine rings is 1. The van der Waals surface area contributed by atoms with Crippen molar-refractivity contribution >= 4 is 5.97 Å². The molecule has 1 aromatic rings. The molecular formula is C11H13NO3. The third-order valence-corrected chi connectivity index (χ3v) is 1.70. The average Bonchev–Trinajstić information content (AvgIpc) is 2.24. The van der Waals surface area contributed by atoms with Crippen LogP contribution in [0.15, 0.2) is 36.5 Å². The summed E-state index contributed by atoms with van der Waals surface area (Å²) in [6.07, 6.45) is 5.02. The summed E-state index contributed by atoms with van der Waals surface area (Å²) in [5.74, 6) is -0.955. The monoisotopic (exact) mass is 207 g/mol. The van der Waals surface area contributed by atoms with Gasteiger partial charge in [0.05, 0.1) is 13.2 Å². The number of aliphatic carboxylic acids is 1. The van der Waals surface area contributed by atoms with Gasteiger partial charge < -0.3 is 9.84 Å². The highest BCUT2D eigenvalue weighted by Gasteiger charge is 1.92. The molecule has 4 heteroatoms. The SMILES string of the molecule is O=C(O)C=CCOCCc1ccccn1. The third kappa shape index (κ3) is 5.59. The Hall–Kier alpha value is -1.68. The van der Waals surface area contributed by atoms with Gasteiger partial charge in [-0.05, 0) is 12.1 Å². The van der Waals surface area contributed by atoms with E-state index in [9.17, 15) is 4.79 Å². The molecule has 1 rings (SSSR count). The summed E-state index contributed by atoms with van der Waals surface area (Å²) in [5.41, 5.74) is 0.972. The van der Waals surface area contributed by atoms with Crippen LogP contribution in [0, 0.1) is 0 Å². The second kappa shape index (κ2) is 6.73. The zero-order chi connectivity index (χ0) is 10.9. The Labute approximate surface area is 88.2 Å². The molecule has 80 valence electrons. The molecule has 0 unspecified atom stereocenters. The van der Waals surface area contributed by atoms with Crippen LogP contribution in [0.3, 0.4) is 0 Å². The van der Waals surface area contributed by atoms with Gasteiger partial charge in [0.1, 0.15) is 0 Å². The van der Waals surface area contributed by atoms with E-state index in [1.54, 1.807) is 6.20 Å². The van der Waals surface area contributed by atoms with Crippen molar-refractivity contribution in [3.63, 3.8) is 0 Å². The predicted molar refractivity (Wildman–Crippen MR) is 55.5 cm³/mol. The van der Waals surface area contributed by atoms with Crippen molar-refractivity contribution in [2.45, 2.75) is 6.42 Å². The van der Waals surface area contributed by atoms with E-state index in [4.69, 9.17) is 9.84 Å². The van der Waals surface area contributed by atoms with Crippen molar-refractivity contribution in [3.8, 4) is 0 Å². The summed E-state index contributed by atoms with van der Waals surface area (Å²) < 4.78 is 5.20. The van der Waals surface area contributed by atoms with Crippen molar-refractivity contribution < 1.29 is 14.6 Å². The summed E-state index contributed by atoms with van der Waals surface area (Å²) >= 11 is 0. The van der Waals surface area contributed by atoms with E-state index in [0.29, 0.717) is 13.2 Å². The first-order valence-corrected chi connectivity index (χ1v) is 4.66. The Morgan fingerprint density at radius 2 is 2.40 bits per heavy atom. The van der Waals surface area contributed by atoms with Crippen LogP contribution in [0.5, 0.6) is 0 Å². The van der Waals surface area contributed by atoms with Crippen LogP contribution in [0.1, 0.15) is 5.69 Å². The summed E-state index contributed by atoms with van der Waals surface area (Å²) in [6, 6.07) is 5.71. The van der Waals surface area contributed by atoms with E-state index in [-0.39, 0.29) is 0 Å². The highest BCUT2D eigenvalue weighted by molar-refractivity contribution is 5.79. The highest BCUT2D eigenvalue weighted by Crippen LogP contribution is 1.94. The number of carboxylic acids is 1. The van der Waals surface area contributed by atoms with Crippen LogP contribution in [0.25, 0.3) is 0 Å². The molecule has 0 bridgehead atoms. The van der Waals surface area contributed by atoms with Gasteiger partial charge in [-0.2, -0.15) is 0 Å². The van der Waals surface area contributed by atoms with Crippen molar-refractivity contribution in [2.24, 2.45) is 0 Å². The minimum absolute atomic E-state index is 0.319. The van der Waals surface area contributed by atoms with Gasteiger partial charge in [0.15, 0.2) is 0 Å². The maximum absolute atomic E-state index is 10.1.